The lowest BCUT2D eigenvalue weighted by molar-refractivity contribution is -0.0118. The van der Waals surface area contributed by atoms with Crippen molar-refractivity contribution in [1.29, 1.82) is 0 Å². The molecule has 0 aromatic carbocycles. The number of carbonyl (C=O) groups is 1. The van der Waals surface area contributed by atoms with Gasteiger partial charge in [0.15, 0.2) is 0 Å². The van der Waals surface area contributed by atoms with Crippen molar-refractivity contribution in [2.24, 2.45) is 0 Å². The van der Waals surface area contributed by atoms with Crippen LogP contribution in [0, 0.1) is 0 Å². The van der Waals surface area contributed by atoms with Crippen molar-refractivity contribution < 1.29 is 39.4 Å². The molecular formula is C12H24O8. The van der Waals surface area contributed by atoms with Gasteiger partial charge < -0.3 is 34.6 Å². The average molecular weight is 296 g/mol. The normalized spacial score (nSPS) is 11.3. The first kappa shape index (κ1) is 21.1. The van der Waals surface area contributed by atoms with Gasteiger partial charge in [-0.2, -0.15) is 0 Å². The maximum Gasteiger partial charge on any atom is 0.503 e. The molecule has 0 heterocycles. The Balaban J connectivity index is 0. The first-order chi connectivity index (χ1) is 9.54. The molecule has 8 heteroatoms. The summed E-state index contributed by atoms with van der Waals surface area (Å²) in [6.07, 6.45) is -0.121. The summed E-state index contributed by atoms with van der Waals surface area (Å²) in [6, 6.07) is 0. The molecule has 0 aromatic heterocycles. The molecule has 0 bridgehead atoms. The quantitative estimate of drug-likeness (QED) is 0.297. The highest BCUT2D eigenvalue weighted by molar-refractivity contribution is 5.53. The van der Waals surface area contributed by atoms with Crippen LogP contribution < -0.4 is 0 Å². The molecule has 8 nitrogen and oxygen atoms in total. The van der Waals surface area contributed by atoms with Crippen molar-refractivity contribution in [2.75, 3.05) is 46.2 Å². The summed E-state index contributed by atoms with van der Waals surface area (Å²) < 4.78 is 15.4. The first-order valence-corrected chi connectivity index (χ1v) is 6.09. The number of rotatable bonds is 12. The Morgan fingerprint density at radius 1 is 1.05 bits per heavy atom. The minimum absolute atomic E-state index is 0.0320. The van der Waals surface area contributed by atoms with E-state index in [0.29, 0.717) is 46.1 Å². The van der Waals surface area contributed by atoms with E-state index in [1.165, 1.54) is 0 Å². The molecule has 0 aliphatic rings. The average Bonchev–Trinajstić information content (AvgIpc) is 2.36. The zero-order chi connectivity index (χ0) is 15.6. The van der Waals surface area contributed by atoms with Crippen LogP contribution in [0.5, 0.6) is 0 Å². The highest BCUT2D eigenvalue weighted by Crippen LogP contribution is 1.92. The van der Waals surface area contributed by atoms with E-state index in [0.717, 1.165) is 0 Å². The molecule has 0 aromatic rings. The Hall–Kier alpha value is -1.19. The highest BCUT2D eigenvalue weighted by Gasteiger charge is 2.00. The molecule has 1 unspecified atom stereocenters. The van der Waals surface area contributed by atoms with Gasteiger partial charge in [0.05, 0.1) is 52.4 Å². The van der Waals surface area contributed by atoms with Crippen LogP contribution in [-0.4, -0.2) is 78.9 Å². The predicted octanol–water partition coefficient (Wildman–Crippen LogP) is 0.188. The molecule has 1 atom stereocenters. The maximum atomic E-state index is 9.27. The third kappa shape index (κ3) is 25.6. The molecule has 0 spiro atoms. The fraction of sp³-hybridized carbons (Fsp3) is 0.750. The van der Waals surface area contributed by atoms with E-state index in [1.54, 1.807) is 6.08 Å². The number of hydrogen-bond acceptors (Lipinski definition) is 6. The maximum absolute atomic E-state index is 9.27. The highest BCUT2D eigenvalue weighted by atomic mass is 16.6. The predicted molar refractivity (Wildman–Crippen MR) is 71.0 cm³/mol. The second kappa shape index (κ2) is 17.8. The van der Waals surface area contributed by atoms with Gasteiger partial charge in [-0.3, -0.25) is 0 Å². The number of aliphatic hydroxyl groups excluding tert-OH is 2. The van der Waals surface area contributed by atoms with Crippen molar-refractivity contribution in [1.82, 2.24) is 0 Å². The van der Waals surface area contributed by atoms with Crippen LogP contribution in [0.25, 0.3) is 0 Å². The molecule has 0 aliphatic heterocycles. The SMILES string of the molecule is C=CCC(O)COCCOCCOCCO.O=C(O)O. The molecule has 120 valence electrons. The van der Waals surface area contributed by atoms with Crippen LogP contribution >= 0.6 is 0 Å². The van der Waals surface area contributed by atoms with Crippen LogP contribution in [0.15, 0.2) is 12.7 Å². The number of hydrogen-bond donors (Lipinski definition) is 4. The van der Waals surface area contributed by atoms with Crippen molar-refractivity contribution >= 4 is 6.16 Å². The lowest BCUT2D eigenvalue weighted by atomic mass is 10.3. The smallest absolute Gasteiger partial charge is 0.450 e. The summed E-state index contributed by atoms with van der Waals surface area (Å²) >= 11 is 0. The Morgan fingerprint density at radius 2 is 1.50 bits per heavy atom. The van der Waals surface area contributed by atoms with Gasteiger partial charge in [0, 0.05) is 0 Å². The van der Waals surface area contributed by atoms with Gasteiger partial charge in [-0.05, 0) is 6.42 Å². The lowest BCUT2D eigenvalue weighted by Crippen LogP contribution is -2.17. The van der Waals surface area contributed by atoms with Gasteiger partial charge in [-0.25, -0.2) is 4.79 Å². The minimum atomic E-state index is -1.83. The zero-order valence-electron chi connectivity index (χ0n) is 11.4. The van der Waals surface area contributed by atoms with Crippen molar-refractivity contribution in [3.8, 4) is 0 Å². The number of carboxylic acid groups (broad SMARTS) is 2. The molecule has 0 fully saturated rings. The summed E-state index contributed by atoms with van der Waals surface area (Å²) in [5, 5.41) is 31.6. The lowest BCUT2D eigenvalue weighted by Gasteiger charge is -2.09. The summed E-state index contributed by atoms with van der Waals surface area (Å²) in [7, 11) is 0. The van der Waals surface area contributed by atoms with Crippen LogP contribution in [-0.2, 0) is 14.2 Å². The fourth-order valence-corrected chi connectivity index (χ4v) is 0.984. The third-order valence-electron chi connectivity index (χ3n) is 1.73. The molecule has 0 saturated carbocycles. The number of aliphatic hydroxyl groups is 2. The second-order valence-electron chi connectivity index (χ2n) is 3.48. The van der Waals surface area contributed by atoms with Gasteiger partial charge in [0.1, 0.15) is 0 Å². The second-order valence-corrected chi connectivity index (χ2v) is 3.48. The van der Waals surface area contributed by atoms with Gasteiger partial charge in [0.25, 0.3) is 0 Å². The van der Waals surface area contributed by atoms with E-state index < -0.39 is 12.3 Å². The topological polar surface area (TPSA) is 126 Å². The molecular weight excluding hydrogens is 272 g/mol. The van der Waals surface area contributed by atoms with Gasteiger partial charge in [-0.1, -0.05) is 6.08 Å². The van der Waals surface area contributed by atoms with Crippen molar-refractivity contribution in [2.45, 2.75) is 12.5 Å². The van der Waals surface area contributed by atoms with Crippen molar-refractivity contribution in [3.63, 3.8) is 0 Å². The standard InChI is InChI=1S/C11H22O5.CH2O3/c1-2-3-11(13)10-16-9-8-15-7-6-14-5-4-12;2-1(3)4/h2,11-13H,1,3-10H2;(H2,2,3,4). The summed E-state index contributed by atoms with van der Waals surface area (Å²) in [5.74, 6) is 0. The van der Waals surface area contributed by atoms with Gasteiger partial charge >= 0.3 is 6.16 Å². The first-order valence-electron chi connectivity index (χ1n) is 6.09. The Bertz CT molecular complexity index is 218. The minimum Gasteiger partial charge on any atom is -0.450 e. The zero-order valence-corrected chi connectivity index (χ0v) is 11.4. The molecule has 0 aliphatic carbocycles. The monoisotopic (exact) mass is 296 g/mol. The Morgan fingerprint density at radius 3 is 1.95 bits per heavy atom. The summed E-state index contributed by atoms with van der Waals surface area (Å²) in [6.45, 7) is 6.08. The molecule has 0 rings (SSSR count). The van der Waals surface area contributed by atoms with E-state index in [4.69, 9.17) is 34.3 Å². The van der Waals surface area contributed by atoms with Gasteiger partial charge in [-0.15, -0.1) is 6.58 Å². The fourth-order valence-electron chi connectivity index (χ4n) is 0.984. The van der Waals surface area contributed by atoms with E-state index in [2.05, 4.69) is 6.58 Å². The number of ether oxygens (including phenoxy) is 3. The summed E-state index contributed by atoms with van der Waals surface area (Å²) in [5.41, 5.74) is 0. The van der Waals surface area contributed by atoms with E-state index in [-0.39, 0.29) is 6.61 Å². The molecule has 20 heavy (non-hydrogen) atoms. The molecule has 0 saturated heterocycles. The summed E-state index contributed by atoms with van der Waals surface area (Å²) in [4.78, 5) is 8.56. The van der Waals surface area contributed by atoms with Crippen LogP contribution in [0.3, 0.4) is 0 Å². The Kier molecular flexibility index (Phi) is 18.8. The van der Waals surface area contributed by atoms with E-state index in [9.17, 15) is 5.11 Å². The largest absolute Gasteiger partial charge is 0.503 e. The van der Waals surface area contributed by atoms with Crippen molar-refractivity contribution in [3.05, 3.63) is 12.7 Å². The third-order valence-corrected chi connectivity index (χ3v) is 1.73. The van der Waals surface area contributed by atoms with Crippen LogP contribution in [0.4, 0.5) is 4.79 Å². The molecule has 0 amide bonds. The Labute approximate surface area is 118 Å². The van der Waals surface area contributed by atoms with E-state index in [1.807, 2.05) is 0 Å². The van der Waals surface area contributed by atoms with Crippen LogP contribution in [0.2, 0.25) is 0 Å². The molecule has 4 N–H and O–H groups in total. The van der Waals surface area contributed by atoms with Gasteiger partial charge in [0.2, 0.25) is 0 Å². The van der Waals surface area contributed by atoms with E-state index >= 15 is 0 Å². The molecule has 0 radical (unpaired) electrons. The van der Waals surface area contributed by atoms with Crippen LogP contribution in [0.1, 0.15) is 6.42 Å².